The van der Waals surface area contributed by atoms with Gasteiger partial charge in [-0.2, -0.15) is 5.26 Å². The summed E-state index contributed by atoms with van der Waals surface area (Å²) in [6.07, 6.45) is 1.38. The average molecular weight is 320 g/mol. The van der Waals surface area contributed by atoms with Crippen molar-refractivity contribution in [1.82, 2.24) is 24.9 Å². The van der Waals surface area contributed by atoms with Gasteiger partial charge in [0.05, 0.1) is 25.6 Å². The van der Waals surface area contributed by atoms with Gasteiger partial charge in [0, 0.05) is 39.6 Å². The first kappa shape index (κ1) is 17.4. The van der Waals surface area contributed by atoms with Crippen LogP contribution in [0.3, 0.4) is 0 Å². The van der Waals surface area contributed by atoms with Crippen LogP contribution < -0.4 is 0 Å². The molecule has 1 aromatic rings. The van der Waals surface area contributed by atoms with E-state index in [0.717, 1.165) is 19.5 Å². The molecule has 1 amide bonds. The molecule has 0 aromatic carbocycles. The lowest BCUT2D eigenvalue weighted by Crippen LogP contribution is -2.40. The van der Waals surface area contributed by atoms with Gasteiger partial charge < -0.3 is 9.32 Å². The third kappa shape index (κ3) is 5.01. The first-order valence-electron chi connectivity index (χ1n) is 7.82. The van der Waals surface area contributed by atoms with Gasteiger partial charge in [-0.15, -0.1) is 10.2 Å². The summed E-state index contributed by atoms with van der Waals surface area (Å²) < 4.78 is 5.41. The molecule has 2 heterocycles. The van der Waals surface area contributed by atoms with Crippen molar-refractivity contribution in [2.75, 3.05) is 40.3 Å². The Labute approximate surface area is 136 Å². The summed E-state index contributed by atoms with van der Waals surface area (Å²) in [4.78, 5) is 18.1. The molecule has 1 atom stereocenters. The van der Waals surface area contributed by atoms with Gasteiger partial charge >= 0.3 is 0 Å². The van der Waals surface area contributed by atoms with Crippen LogP contribution in [0.25, 0.3) is 0 Å². The molecule has 1 aliphatic heterocycles. The Kier molecular flexibility index (Phi) is 6.07. The summed E-state index contributed by atoms with van der Waals surface area (Å²) in [6, 6.07) is 2.43. The quantitative estimate of drug-likeness (QED) is 0.711. The molecule has 0 bridgehead atoms. The summed E-state index contributed by atoms with van der Waals surface area (Å²) in [5, 5.41) is 16.4. The molecule has 1 fully saturated rings. The van der Waals surface area contributed by atoms with E-state index in [1.807, 2.05) is 7.05 Å². The highest BCUT2D eigenvalue weighted by Crippen LogP contribution is 2.16. The first-order valence-corrected chi connectivity index (χ1v) is 7.82. The number of hydrogen-bond donors (Lipinski definition) is 0. The highest BCUT2D eigenvalue weighted by molar-refractivity contribution is 5.78. The molecule has 1 unspecified atom stereocenters. The summed E-state index contributed by atoms with van der Waals surface area (Å²) in [5.41, 5.74) is 0. The van der Waals surface area contributed by atoms with Crippen LogP contribution >= 0.6 is 0 Å². The topological polar surface area (TPSA) is 89.5 Å². The average Bonchev–Trinajstić information content (AvgIpc) is 3.14. The fraction of sp³-hybridized carbons (Fsp3) is 0.733. The van der Waals surface area contributed by atoms with E-state index in [-0.39, 0.29) is 5.91 Å². The van der Waals surface area contributed by atoms with Gasteiger partial charge in [0.1, 0.15) is 0 Å². The zero-order valence-electron chi connectivity index (χ0n) is 14.0. The molecule has 1 aliphatic rings. The van der Waals surface area contributed by atoms with E-state index in [1.165, 1.54) is 0 Å². The lowest BCUT2D eigenvalue weighted by molar-refractivity contribution is -0.130. The van der Waals surface area contributed by atoms with E-state index < -0.39 is 0 Å². The molecule has 2 rings (SSSR count). The molecule has 0 saturated carbocycles. The Bertz CT molecular complexity index is 567. The molecular formula is C15H24N6O2. The maximum absolute atomic E-state index is 12.1. The van der Waals surface area contributed by atoms with E-state index in [0.29, 0.717) is 43.9 Å². The summed E-state index contributed by atoms with van der Waals surface area (Å²) in [5.74, 6) is 1.26. The second kappa shape index (κ2) is 8.04. The molecule has 8 nitrogen and oxygen atoms in total. The van der Waals surface area contributed by atoms with Crippen molar-refractivity contribution in [1.29, 1.82) is 5.26 Å². The minimum absolute atomic E-state index is 0.0658. The number of carbonyl (C=O) groups is 1. The van der Waals surface area contributed by atoms with Crippen LogP contribution in [0.15, 0.2) is 4.42 Å². The SMILES string of the molecule is Cc1nnc(CN(C)C2CCN(CC(=O)N(C)CCC#N)C2)o1. The molecule has 0 N–H and O–H groups in total. The van der Waals surface area contributed by atoms with Gasteiger partial charge in [-0.3, -0.25) is 14.6 Å². The molecule has 8 heteroatoms. The van der Waals surface area contributed by atoms with Crippen molar-refractivity contribution >= 4 is 5.91 Å². The number of aromatic nitrogens is 2. The number of amides is 1. The summed E-state index contributed by atoms with van der Waals surface area (Å²) in [6.45, 7) is 5.05. The summed E-state index contributed by atoms with van der Waals surface area (Å²) in [7, 11) is 3.78. The van der Waals surface area contributed by atoms with Gasteiger partial charge in [0.25, 0.3) is 0 Å². The lowest BCUT2D eigenvalue weighted by Gasteiger charge is -2.24. The number of likely N-dealkylation sites (tertiary alicyclic amines) is 1. The van der Waals surface area contributed by atoms with E-state index in [1.54, 1.807) is 18.9 Å². The molecular weight excluding hydrogens is 296 g/mol. The number of nitriles is 1. The first-order chi connectivity index (χ1) is 11.0. The zero-order valence-corrected chi connectivity index (χ0v) is 14.0. The van der Waals surface area contributed by atoms with Gasteiger partial charge in [0.2, 0.25) is 17.7 Å². The molecule has 1 aromatic heterocycles. The van der Waals surface area contributed by atoms with Crippen molar-refractivity contribution in [3.63, 3.8) is 0 Å². The van der Waals surface area contributed by atoms with Crippen LogP contribution in [0.4, 0.5) is 0 Å². The minimum atomic E-state index is 0.0658. The Morgan fingerprint density at radius 3 is 2.91 bits per heavy atom. The third-order valence-electron chi connectivity index (χ3n) is 4.17. The van der Waals surface area contributed by atoms with Crippen LogP contribution in [0.5, 0.6) is 0 Å². The van der Waals surface area contributed by atoms with Crippen LogP contribution in [-0.4, -0.2) is 77.1 Å². The number of hydrogen-bond acceptors (Lipinski definition) is 7. The van der Waals surface area contributed by atoms with E-state index in [2.05, 4.69) is 26.1 Å². The van der Waals surface area contributed by atoms with Crippen molar-refractivity contribution in [3.05, 3.63) is 11.8 Å². The second-order valence-corrected chi connectivity index (χ2v) is 6.03. The predicted octanol–water partition coefficient (Wildman–Crippen LogP) is 0.256. The number of carbonyl (C=O) groups excluding carboxylic acids is 1. The zero-order chi connectivity index (χ0) is 16.8. The maximum Gasteiger partial charge on any atom is 0.236 e. The molecule has 23 heavy (non-hydrogen) atoms. The Balaban J connectivity index is 1.77. The van der Waals surface area contributed by atoms with Crippen molar-refractivity contribution in [2.24, 2.45) is 0 Å². The van der Waals surface area contributed by atoms with Gasteiger partial charge in [0.15, 0.2) is 0 Å². The largest absolute Gasteiger partial charge is 0.424 e. The van der Waals surface area contributed by atoms with Crippen molar-refractivity contribution in [3.8, 4) is 6.07 Å². The molecule has 0 radical (unpaired) electrons. The number of aryl methyl sites for hydroxylation is 1. The van der Waals surface area contributed by atoms with Crippen LogP contribution in [0, 0.1) is 18.3 Å². The van der Waals surface area contributed by atoms with Crippen LogP contribution in [0.1, 0.15) is 24.6 Å². The number of likely N-dealkylation sites (N-methyl/N-ethyl adjacent to an activating group) is 2. The monoisotopic (exact) mass is 320 g/mol. The lowest BCUT2D eigenvalue weighted by atomic mass is 10.2. The van der Waals surface area contributed by atoms with Gasteiger partial charge in [-0.05, 0) is 13.5 Å². The number of nitrogens with zero attached hydrogens (tertiary/aromatic N) is 6. The Morgan fingerprint density at radius 1 is 1.48 bits per heavy atom. The molecule has 1 saturated heterocycles. The maximum atomic E-state index is 12.1. The number of rotatable bonds is 7. The smallest absolute Gasteiger partial charge is 0.236 e. The van der Waals surface area contributed by atoms with E-state index in [9.17, 15) is 4.79 Å². The fourth-order valence-electron chi connectivity index (χ4n) is 2.71. The second-order valence-electron chi connectivity index (χ2n) is 6.03. The van der Waals surface area contributed by atoms with E-state index in [4.69, 9.17) is 9.68 Å². The predicted molar refractivity (Wildman–Crippen MR) is 83.2 cm³/mol. The minimum Gasteiger partial charge on any atom is -0.424 e. The third-order valence-corrected chi connectivity index (χ3v) is 4.17. The van der Waals surface area contributed by atoms with Crippen LogP contribution in [-0.2, 0) is 11.3 Å². The Hall–Kier alpha value is -1.98. The fourth-order valence-corrected chi connectivity index (χ4v) is 2.71. The van der Waals surface area contributed by atoms with E-state index >= 15 is 0 Å². The normalized spacial score (nSPS) is 18.3. The molecule has 0 spiro atoms. The standard InChI is InChI=1S/C15H24N6O2/c1-12-17-18-14(23-12)10-20(3)13-5-8-21(9-13)11-15(22)19(2)7-4-6-16/h13H,4-5,7-11H2,1-3H3. The molecule has 0 aliphatic carbocycles. The van der Waals surface area contributed by atoms with Gasteiger partial charge in [-0.1, -0.05) is 0 Å². The highest BCUT2D eigenvalue weighted by atomic mass is 16.4. The summed E-state index contributed by atoms with van der Waals surface area (Å²) >= 11 is 0. The molecule has 126 valence electrons. The van der Waals surface area contributed by atoms with Crippen LogP contribution in [0.2, 0.25) is 0 Å². The highest BCUT2D eigenvalue weighted by Gasteiger charge is 2.28. The van der Waals surface area contributed by atoms with Crippen molar-refractivity contribution in [2.45, 2.75) is 32.4 Å². The van der Waals surface area contributed by atoms with Crippen molar-refractivity contribution < 1.29 is 9.21 Å². The Morgan fingerprint density at radius 2 is 2.26 bits per heavy atom. The van der Waals surface area contributed by atoms with Gasteiger partial charge in [-0.25, -0.2) is 0 Å².